The lowest BCUT2D eigenvalue weighted by atomic mass is 9.95. The molecule has 1 N–H and O–H groups in total. The molecule has 1 aromatic heterocycles. The highest BCUT2D eigenvalue weighted by atomic mass is 127. The maximum Gasteiger partial charge on any atom is 0.225 e. The third-order valence-corrected chi connectivity index (χ3v) is 7.05. The molecule has 0 spiro atoms. The van der Waals surface area contributed by atoms with E-state index in [0.717, 1.165) is 74.6 Å². The molecule has 0 bridgehead atoms. The van der Waals surface area contributed by atoms with Gasteiger partial charge in [0, 0.05) is 62.5 Å². The molecule has 0 atom stereocenters. The van der Waals surface area contributed by atoms with Crippen molar-refractivity contribution in [2.45, 2.75) is 30.5 Å². The Bertz CT molecular complexity index is 618. The second-order valence-electron chi connectivity index (χ2n) is 6.93. The fraction of sp³-hybridized carbons (Fsp3) is 0.737. The molecule has 10 heteroatoms. The molecular formula is C19H32IN5O2S2. The number of amides is 1. The highest BCUT2D eigenvalue weighted by molar-refractivity contribution is 14.0. The Kier molecular flexibility index (Phi) is 11.6. The first kappa shape index (κ1) is 24.7. The number of piperidine rings is 1. The summed E-state index contributed by atoms with van der Waals surface area (Å²) in [5.74, 6) is 2.47. The number of hydrogen-bond donors (Lipinski definition) is 1. The molecule has 0 radical (unpaired) electrons. The predicted octanol–water partition coefficient (Wildman–Crippen LogP) is 2.78. The van der Waals surface area contributed by atoms with Gasteiger partial charge in [-0.05, 0) is 26.2 Å². The molecule has 164 valence electrons. The van der Waals surface area contributed by atoms with Gasteiger partial charge in [0.1, 0.15) is 4.34 Å². The summed E-state index contributed by atoms with van der Waals surface area (Å²) < 4.78 is 6.49. The first-order valence-corrected chi connectivity index (χ1v) is 12.1. The Labute approximate surface area is 199 Å². The first-order valence-electron chi connectivity index (χ1n) is 10.2. The van der Waals surface area contributed by atoms with Gasteiger partial charge in [-0.25, -0.2) is 4.98 Å². The van der Waals surface area contributed by atoms with Crippen LogP contribution < -0.4 is 5.32 Å². The van der Waals surface area contributed by atoms with Gasteiger partial charge in [0.25, 0.3) is 0 Å². The second kappa shape index (κ2) is 13.7. The number of likely N-dealkylation sites (tertiary alicyclic amines) is 1. The van der Waals surface area contributed by atoms with E-state index < -0.39 is 0 Å². The molecule has 0 saturated carbocycles. The number of nitrogens with one attached hydrogen (secondary N) is 1. The molecule has 0 aromatic carbocycles. The number of guanidine groups is 1. The van der Waals surface area contributed by atoms with Gasteiger partial charge in [0.15, 0.2) is 5.96 Å². The number of aromatic nitrogens is 1. The van der Waals surface area contributed by atoms with Gasteiger partial charge in [-0.2, -0.15) is 0 Å². The molecule has 1 amide bonds. The van der Waals surface area contributed by atoms with E-state index in [2.05, 4.69) is 22.1 Å². The number of thioether (sulfide) groups is 1. The van der Waals surface area contributed by atoms with Crippen LogP contribution in [0.25, 0.3) is 0 Å². The molecule has 2 aliphatic heterocycles. The smallest absolute Gasteiger partial charge is 0.225 e. The largest absolute Gasteiger partial charge is 0.378 e. The van der Waals surface area contributed by atoms with Crippen molar-refractivity contribution in [2.24, 2.45) is 10.9 Å². The van der Waals surface area contributed by atoms with Crippen molar-refractivity contribution in [1.29, 1.82) is 0 Å². The van der Waals surface area contributed by atoms with E-state index in [0.29, 0.717) is 19.1 Å². The van der Waals surface area contributed by atoms with E-state index in [1.54, 1.807) is 23.1 Å². The minimum Gasteiger partial charge on any atom is -0.378 e. The summed E-state index contributed by atoms with van der Waals surface area (Å²) in [7, 11) is 0. The van der Waals surface area contributed by atoms with E-state index >= 15 is 0 Å². The Hall–Kier alpha value is -0.590. The lowest BCUT2D eigenvalue weighted by molar-refractivity contribution is -0.140. The maximum atomic E-state index is 12.7. The molecule has 29 heavy (non-hydrogen) atoms. The van der Waals surface area contributed by atoms with Crippen molar-refractivity contribution in [3.8, 4) is 0 Å². The number of hydrogen-bond acceptors (Lipinski definition) is 6. The highest BCUT2D eigenvalue weighted by Crippen LogP contribution is 2.22. The van der Waals surface area contributed by atoms with Gasteiger partial charge in [-0.3, -0.25) is 9.79 Å². The molecular weight excluding hydrogens is 521 g/mol. The van der Waals surface area contributed by atoms with Crippen LogP contribution in [-0.2, 0) is 9.53 Å². The standard InChI is InChI=1S/C19H31N5O2S2.HI/c1-2-20-18(21-6-3-14-27-19-22-7-15-28-19)24-8-4-16(5-9-24)17(25)23-10-12-26-13-11-23;/h7,15-16H,2-6,8-14H2,1H3,(H,20,21);1H. The normalized spacial score (nSPS) is 18.4. The SMILES string of the molecule is CCNC(=NCCCSc1nccs1)N1CCC(C(=O)N2CCOCC2)CC1.I. The summed E-state index contributed by atoms with van der Waals surface area (Å²) in [6.07, 6.45) is 4.69. The number of ether oxygens (including phenoxy) is 1. The van der Waals surface area contributed by atoms with Crippen LogP contribution in [0.5, 0.6) is 0 Å². The predicted molar refractivity (Wildman–Crippen MR) is 131 cm³/mol. The summed E-state index contributed by atoms with van der Waals surface area (Å²) >= 11 is 3.49. The van der Waals surface area contributed by atoms with Crippen LogP contribution in [0, 0.1) is 5.92 Å². The van der Waals surface area contributed by atoms with Crippen LogP contribution >= 0.6 is 47.1 Å². The van der Waals surface area contributed by atoms with Crippen LogP contribution in [0.4, 0.5) is 0 Å². The number of nitrogens with zero attached hydrogens (tertiary/aromatic N) is 4. The van der Waals surface area contributed by atoms with Crippen LogP contribution in [0.1, 0.15) is 26.2 Å². The Balaban J connectivity index is 0.00000300. The molecule has 3 rings (SSSR count). The third-order valence-electron chi connectivity index (χ3n) is 5.00. The third kappa shape index (κ3) is 7.87. The number of halogens is 1. The molecule has 2 fully saturated rings. The van der Waals surface area contributed by atoms with Crippen molar-refractivity contribution in [3.05, 3.63) is 11.6 Å². The van der Waals surface area contributed by atoms with E-state index in [-0.39, 0.29) is 29.9 Å². The van der Waals surface area contributed by atoms with Crippen molar-refractivity contribution in [2.75, 3.05) is 58.2 Å². The fourth-order valence-corrected chi connectivity index (χ4v) is 5.13. The minimum atomic E-state index is 0. The molecule has 1 aromatic rings. The lowest BCUT2D eigenvalue weighted by Gasteiger charge is -2.36. The zero-order valence-corrected chi connectivity index (χ0v) is 21.0. The van der Waals surface area contributed by atoms with E-state index in [1.165, 1.54) is 0 Å². The summed E-state index contributed by atoms with van der Waals surface area (Å²) in [6.45, 7) is 8.37. The van der Waals surface area contributed by atoms with E-state index in [4.69, 9.17) is 9.73 Å². The summed E-state index contributed by atoms with van der Waals surface area (Å²) in [6, 6.07) is 0. The van der Waals surface area contributed by atoms with Gasteiger partial charge in [0.2, 0.25) is 5.91 Å². The monoisotopic (exact) mass is 553 g/mol. The molecule has 0 aliphatic carbocycles. The molecule has 0 unspecified atom stereocenters. The van der Waals surface area contributed by atoms with Crippen molar-refractivity contribution < 1.29 is 9.53 Å². The lowest BCUT2D eigenvalue weighted by Crippen LogP contribution is -2.50. The highest BCUT2D eigenvalue weighted by Gasteiger charge is 2.30. The van der Waals surface area contributed by atoms with Gasteiger partial charge in [-0.1, -0.05) is 11.8 Å². The Morgan fingerprint density at radius 2 is 2.07 bits per heavy atom. The number of carbonyl (C=O) groups excluding carboxylic acids is 1. The van der Waals surface area contributed by atoms with E-state index in [9.17, 15) is 4.79 Å². The zero-order chi connectivity index (χ0) is 19.6. The van der Waals surface area contributed by atoms with Crippen LogP contribution in [0.15, 0.2) is 20.9 Å². The average Bonchev–Trinajstić information content (AvgIpc) is 3.26. The van der Waals surface area contributed by atoms with Crippen molar-refractivity contribution in [3.63, 3.8) is 0 Å². The van der Waals surface area contributed by atoms with Crippen LogP contribution in [-0.4, -0.2) is 84.9 Å². The second-order valence-corrected chi connectivity index (χ2v) is 9.17. The average molecular weight is 554 g/mol. The minimum absolute atomic E-state index is 0. The topological polar surface area (TPSA) is 70.1 Å². The Morgan fingerprint density at radius 1 is 1.31 bits per heavy atom. The van der Waals surface area contributed by atoms with Gasteiger partial charge < -0.3 is 19.9 Å². The van der Waals surface area contributed by atoms with E-state index in [1.807, 2.05) is 16.5 Å². The Morgan fingerprint density at radius 3 is 2.72 bits per heavy atom. The van der Waals surface area contributed by atoms with Gasteiger partial charge >= 0.3 is 0 Å². The molecule has 7 nitrogen and oxygen atoms in total. The summed E-state index contributed by atoms with van der Waals surface area (Å²) in [5, 5.41) is 5.42. The summed E-state index contributed by atoms with van der Waals surface area (Å²) in [4.78, 5) is 26.1. The number of rotatable bonds is 7. The quantitative estimate of drug-likeness (QED) is 0.184. The maximum absolute atomic E-state index is 12.7. The number of carbonyl (C=O) groups is 1. The first-order chi connectivity index (χ1) is 13.8. The summed E-state index contributed by atoms with van der Waals surface area (Å²) in [5.41, 5.74) is 0. The molecule has 2 saturated heterocycles. The van der Waals surface area contributed by atoms with Crippen molar-refractivity contribution >= 4 is 58.9 Å². The zero-order valence-electron chi connectivity index (χ0n) is 17.0. The van der Waals surface area contributed by atoms with Crippen LogP contribution in [0.2, 0.25) is 0 Å². The van der Waals surface area contributed by atoms with Gasteiger partial charge in [0.05, 0.1) is 13.2 Å². The van der Waals surface area contributed by atoms with Crippen LogP contribution in [0.3, 0.4) is 0 Å². The van der Waals surface area contributed by atoms with Gasteiger partial charge in [-0.15, -0.1) is 35.3 Å². The number of morpholine rings is 1. The fourth-order valence-electron chi connectivity index (χ4n) is 3.50. The van der Waals surface area contributed by atoms with Crippen molar-refractivity contribution in [1.82, 2.24) is 20.1 Å². The molecule has 2 aliphatic rings. The number of thiazole rings is 1. The molecule has 3 heterocycles. The number of aliphatic imine (C=N–C) groups is 1.